The van der Waals surface area contributed by atoms with Crippen molar-refractivity contribution in [2.24, 2.45) is 5.92 Å². The van der Waals surface area contributed by atoms with E-state index < -0.39 is 10.0 Å². The fourth-order valence-corrected chi connectivity index (χ4v) is 5.80. The maximum absolute atomic E-state index is 12.8. The Labute approximate surface area is 186 Å². The zero-order valence-corrected chi connectivity index (χ0v) is 19.6. The normalized spacial score (nSPS) is 16.7. The molecule has 3 rings (SSSR count). The zero-order valence-electron chi connectivity index (χ0n) is 18.8. The number of piperidine rings is 1. The van der Waals surface area contributed by atoms with Crippen molar-refractivity contribution in [3.8, 4) is 0 Å². The van der Waals surface area contributed by atoms with Gasteiger partial charge in [0.25, 0.3) is 0 Å². The van der Waals surface area contributed by atoms with E-state index in [0.29, 0.717) is 32.4 Å². The Morgan fingerprint density at radius 3 is 2.45 bits per heavy atom. The number of aryl methyl sites for hydroxylation is 3. The molecular formula is C25H34N2O3S. The summed E-state index contributed by atoms with van der Waals surface area (Å²) in [5.41, 5.74) is 4.63. The van der Waals surface area contributed by atoms with Crippen LogP contribution in [0.5, 0.6) is 0 Å². The topological polar surface area (TPSA) is 66.5 Å². The van der Waals surface area contributed by atoms with Gasteiger partial charge >= 0.3 is 0 Å². The van der Waals surface area contributed by atoms with E-state index >= 15 is 0 Å². The van der Waals surface area contributed by atoms with Gasteiger partial charge in [-0.3, -0.25) is 4.79 Å². The van der Waals surface area contributed by atoms with E-state index in [1.165, 1.54) is 5.56 Å². The summed E-state index contributed by atoms with van der Waals surface area (Å²) in [5, 5.41) is 3.13. The van der Waals surface area contributed by atoms with Gasteiger partial charge in [-0.25, -0.2) is 12.7 Å². The molecule has 1 heterocycles. The smallest absolute Gasteiger partial charge is 0.223 e. The van der Waals surface area contributed by atoms with Crippen LogP contribution in [0, 0.1) is 19.8 Å². The van der Waals surface area contributed by atoms with Crippen LogP contribution in [0.15, 0.2) is 48.5 Å². The molecule has 0 bridgehead atoms. The lowest BCUT2D eigenvalue weighted by molar-refractivity contribution is -0.126. The van der Waals surface area contributed by atoms with Crippen molar-refractivity contribution in [2.75, 3.05) is 18.8 Å². The van der Waals surface area contributed by atoms with Crippen LogP contribution in [-0.2, 0) is 21.2 Å². The van der Waals surface area contributed by atoms with E-state index in [0.717, 1.165) is 23.1 Å². The lowest BCUT2D eigenvalue weighted by Gasteiger charge is -2.31. The Kier molecular flexibility index (Phi) is 7.89. The Morgan fingerprint density at radius 2 is 1.77 bits per heavy atom. The third-order valence-corrected chi connectivity index (χ3v) is 8.15. The predicted octanol–water partition coefficient (Wildman–Crippen LogP) is 4.16. The van der Waals surface area contributed by atoms with E-state index in [4.69, 9.17) is 0 Å². The molecule has 1 amide bonds. The van der Waals surface area contributed by atoms with E-state index in [9.17, 15) is 13.2 Å². The fraction of sp³-hybridized carbons (Fsp3) is 0.480. The predicted molar refractivity (Wildman–Crippen MR) is 125 cm³/mol. The van der Waals surface area contributed by atoms with Crippen LogP contribution < -0.4 is 5.32 Å². The summed E-state index contributed by atoms with van der Waals surface area (Å²) in [6.07, 6.45) is 2.52. The summed E-state index contributed by atoms with van der Waals surface area (Å²) < 4.78 is 27.0. The maximum Gasteiger partial charge on any atom is 0.223 e. The minimum atomic E-state index is -3.28. The molecule has 5 nitrogen and oxygen atoms in total. The monoisotopic (exact) mass is 442 g/mol. The van der Waals surface area contributed by atoms with Gasteiger partial charge in [-0.1, -0.05) is 54.1 Å². The van der Waals surface area contributed by atoms with Crippen molar-refractivity contribution >= 4 is 15.9 Å². The zero-order chi connectivity index (χ0) is 22.4. The first-order valence-corrected chi connectivity index (χ1v) is 12.8. The van der Waals surface area contributed by atoms with Crippen molar-refractivity contribution in [3.63, 3.8) is 0 Å². The Morgan fingerprint density at radius 1 is 1.10 bits per heavy atom. The molecule has 1 saturated heterocycles. The van der Waals surface area contributed by atoms with Crippen molar-refractivity contribution in [1.82, 2.24) is 9.62 Å². The first-order chi connectivity index (χ1) is 14.8. The standard InChI is InChI=1S/C25H34N2O3S/c1-19-11-12-20(2)24(18-19)21(3)26-25(28)23-13-15-27(16-14-23)31(29,30)17-7-10-22-8-5-4-6-9-22/h4-6,8-9,11-12,18,21,23H,7,10,13-17H2,1-3H3,(H,26,28). The summed E-state index contributed by atoms with van der Waals surface area (Å²) in [7, 11) is -3.28. The van der Waals surface area contributed by atoms with Gasteiger partial charge in [0.15, 0.2) is 0 Å². The number of carbonyl (C=O) groups excluding carboxylic acids is 1. The molecule has 0 aromatic heterocycles. The molecule has 1 aliphatic heterocycles. The first-order valence-electron chi connectivity index (χ1n) is 11.2. The average Bonchev–Trinajstić information content (AvgIpc) is 2.76. The number of carbonyl (C=O) groups is 1. The summed E-state index contributed by atoms with van der Waals surface area (Å²) >= 11 is 0. The Balaban J connectivity index is 1.47. The molecule has 1 atom stereocenters. The minimum absolute atomic E-state index is 0.0227. The quantitative estimate of drug-likeness (QED) is 0.668. The molecule has 0 radical (unpaired) electrons. The summed E-state index contributed by atoms with van der Waals surface area (Å²) in [4.78, 5) is 12.8. The van der Waals surface area contributed by atoms with Gasteiger partial charge in [0.05, 0.1) is 11.8 Å². The molecule has 1 fully saturated rings. The average molecular weight is 443 g/mol. The Hall–Kier alpha value is -2.18. The highest BCUT2D eigenvalue weighted by atomic mass is 32.2. The van der Waals surface area contributed by atoms with Gasteiger partial charge in [-0.2, -0.15) is 0 Å². The van der Waals surface area contributed by atoms with Crippen LogP contribution in [0.25, 0.3) is 0 Å². The van der Waals surface area contributed by atoms with E-state index in [-0.39, 0.29) is 23.6 Å². The number of amides is 1. The molecular weight excluding hydrogens is 408 g/mol. The Bertz CT molecular complexity index is 981. The molecule has 1 aliphatic rings. The number of hydrogen-bond acceptors (Lipinski definition) is 3. The minimum Gasteiger partial charge on any atom is -0.349 e. The molecule has 1 N–H and O–H groups in total. The van der Waals surface area contributed by atoms with E-state index in [1.54, 1.807) is 4.31 Å². The number of nitrogens with zero attached hydrogens (tertiary/aromatic N) is 1. The lowest BCUT2D eigenvalue weighted by Crippen LogP contribution is -2.44. The van der Waals surface area contributed by atoms with Crippen molar-refractivity contribution in [3.05, 3.63) is 70.8 Å². The van der Waals surface area contributed by atoms with Crippen molar-refractivity contribution < 1.29 is 13.2 Å². The molecule has 1 unspecified atom stereocenters. The maximum atomic E-state index is 12.8. The molecule has 6 heteroatoms. The van der Waals surface area contributed by atoms with Gasteiger partial charge < -0.3 is 5.32 Å². The van der Waals surface area contributed by atoms with Crippen molar-refractivity contribution in [2.45, 2.75) is 52.5 Å². The van der Waals surface area contributed by atoms with Crippen LogP contribution in [0.3, 0.4) is 0 Å². The summed E-state index contributed by atoms with van der Waals surface area (Å²) in [5.74, 6) is 0.0421. The number of nitrogens with one attached hydrogen (secondary N) is 1. The largest absolute Gasteiger partial charge is 0.349 e. The summed E-state index contributed by atoms with van der Waals surface area (Å²) in [6.45, 7) is 6.95. The second kappa shape index (κ2) is 10.4. The number of rotatable bonds is 8. The van der Waals surface area contributed by atoms with Gasteiger partial charge in [-0.15, -0.1) is 0 Å². The SMILES string of the molecule is Cc1ccc(C)c(C(C)NC(=O)C2CCN(S(=O)(=O)CCCc3ccccc3)CC2)c1. The molecule has 0 saturated carbocycles. The molecule has 2 aromatic rings. The van der Waals surface area contributed by atoms with Crippen LogP contribution in [-0.4, -0.2) is 37.5 Å². The van der Waals surface area contributed by atoms with Gasteiger partial charge in [0.1, 0.15) is 0 Å². The third-order valence-electron chi connectivity index (χ3n) is 6.19. The lowest BCUT2D eigenvalue weighted by atomic mass is 9.95. The highest BCUT2D eigenvalue weighted by Crippen LogP contribution is 2.23. The number of benzene rings is 2. The van der Waals surface area contributed by atoms with Crippen molar-refractivity contribution in [1.29, 1.82) is 0 Å². The molecule has 0 aliphatic carbocycles. The first kappa shape index (κ1) is 23.5. The van der Waals surface area contributed by atoms with Gasteiger partial charge in [-0.05, 0) is 63.1 Å². The van der Waals surface area contributed by atoms with Crippen LogP contribution in [0.4, 0.5) is 0 Å². The fourth-order valence-electron chi connectivity index (χ4n) is 4.26. The second-order valence-corrected chi connectivity index (χ2v) is 10.8. The van der Waals surface area contributed by atoms with Gasteiger partial charge in [0, 0.05) is 19.0 Å². The highest BCUT2D eigenvalue weighted by Gasteiger charge is 2.31. The highest BCUT2D eigenvalue weighted by molar-refractivity contribution is 7.89. The molecule has 2 aromatic carbocycles. The third kappa shape index (κ3) is 6.40. The summed E-state index contributed by atoms with van der Waals surface area (Å²) in [6, 6.07) is 16.2. The molecule has 168 valence electrons. The number of sulfonamides is 1. The molecule has 0 spiro atoms. The van der Waals surface area contributed by atoms with Crippen LogP contribution in [0.2, 0.25) is 0 Å². The van der Waals surface area contributed by atoms with Crippen LogP contribution >= 0.6 is 0 Å². The van der Waals surface area contributed by atoms with E-state index in [2.05, 4.69) is 30.4 Å². The number of hydrogen-bond donors (Lipinski definition) is 1. The second-order valence-electron chi connectivity index (χ2n) is 8.67. The van der Waals surface area contributed by atoms with Crippen LogP contribution in [0.1, 0.15) is 54.5 Å². The van der Waals surface area contributed by atoms with E-state index in [1.807, 2.05) is 44.2 Å². The molecule has 31 heavy (non-hydrogen) atoms. The van der Waals surface area contributed by atoms with Gasteiger partial charge in [0.2, 0.25) is 15.9 Å².